The Kier molecular flexibility index (Phi) is 6.65. The van der Waals surface area contributed by atoms with E-state index in [4.69, 9.17) is 9.47 Å². The molecule has 22 heavy (non-hydrogen) atoms. The van der Waals surface area contributed by atoms with Crippen molar-refractivity contribution in [3.63, 3.8) is 0 Å². The van der Waals surface area contributed by atoms with Crippen LogP contribution in [0.2, 0.25) is 0 Å². The van der Waals surface area contributed by atoms with Gasteiger partial charge in [-0.2, -0.15) is 0 Å². The molecular weight excluding hydrogens is 280 g/mol. The highest BCUT2D eigenvalue weighted by Gasteiger charge is 2.36. The van der Waals surface area contributed by atoms with Crippen LogP contribution in [0.25, 0.3) is 0 Å². The maximum atomic E-state index is 10.5. The number of nitrogens with one attached hydrogen (secondary N) is 1. The molecule has 0 aromatic rings. The number of rotatable bonds is 6. The maximum absolute atomic E-state index is 10.5. The fourth-order valence-electron chi connectivity index (χ4n) is 3.70. The standard InChI is InChI=1S/C17H34N2O3/c1-17(2,3)22-16(20)14-9-5-6-10-15(14)18-19-11-7-8-13(19)12-21-4/h13-16,18,20H,5-12H2,1-4H3/t13-,14-,15-,16?/m0/s1. The van der Waals surface area contributed by atoms with E-state index in [2.05, 4.69) is 10.4 Å². The van der Waals surface area contributed by atoms with E-state index < -0.39 is 6.29 Å². The van der Waals surface area contributed by atoms with Gasteiger partial charge in [-0.3, -0.25) is 5.43 Å². The lowest BCUT2D eigenvalue weighted by atomic mass is 9.84. The molecule has 1 unspecified atom stereocenters. The van der Waals surface area contributed by atoms with Crippen LogP contribution in [0.5, 0.6) is 0 Å². The minimum atomic E-state index is -0.693. The Hall–Kier alpha value is -0.200. The number of hydrogen-bond acceptors (Lipinski definition) is 5. The van der Waals surface area contributed by atoms with Crippen molar-refractivity contribution in [1.29, 1.82) is 0 Å². The monoisotopic (exact) mass is 314 g/mol. The normalized spacial score (nSPS) is 32.3. The summed E-state index contributed by atoms with van der Waals surface area (Å²) in [7, 11) is 1.76. The zero-order chi connectivity index (χ0) is 16.2. The van der Waals surface area contributed by atoms with Gasteiger partial charge in [0.2, 0.25) is 0 Å². The fourth-order valence-corrected chi connectivity index (χ4v) is 3.70. The van der Waals surface area contributed by atoms with Crippen molar-refractivity contribution < 1.29 is 14.6 Å². The Labute approximate surface area is 135 Å². The van der Waals surface area contributed by atoms with Gasteiger partial charge in [0.05, 0.1) is 12.2 Å². The van der Waals surface area contributed by atoms with E-state index in [1.54, 1.807) is 7.11 Å². The van der Waals surface area contributed by atoms with Gasteiger partial charge in [0.15, 0.2) is 6.29 Å². The summed E-state index contributed by atoms with van der Waals surface area (Å²) in [5.41, 5.74) is 3.37. The van der Waals surface area contributed by atoms with E-state index in [1.807, 2.05) is 20.8 Å². The third-order valence-corrected chi connectivity index (χ3v) is 4.73. The van der Waals surface area contributed by atoms with Crippen LogP contribution in [0.1, 0.15) is 59.3 Å². The molecule has 1 aliphatic carbocycles. The van der Waals surface area contributed by atoms with Crippen molar-refractivity contribution in [1.82, 2.24) is 10.4 Å². The van der Waals surface area contributed by atoms with Crippen LogP contribution in [0.4, 0.5) is 0 Å². The first-order valence-electron chi connectivity index (χ1n) is 8.78. The van der Waals surface area contributed by atoms with Gasteiger partial charge in [0.1, 0.15) is 0 Å². The summed E-state index contributed by atoms with van der Waals surface area (Å²) in [6.45, 7) is 7.82. The first kappa shape index (κ1) is 18.1. The van der Waals surface area contributed by atoms with Crippen molar-refractivity contribution in [2.75, 3.05) is 20.3 Å². The van der Waals surface area contributed by atoms with Crippen LogP contribution < -0.4 is 5.43 Å². The molecule has 0 bridgehead atoms. The summed E-state index contributed by atoms with van der Waals surface area (Å²) >= 11 is 0. The topological polar surface area (TPSA) is 54.0 Å². The Bertz CT molecular complexity index is 332. The second-order valence-electron chi connectivity index (χ2n) is 7.75. The van der Waals surface area contributed by atoms with E-state index in [0.717, 1.165) is 26.0 Å². The van der Waals surface area contributed by atoms with E-state index in [0.29, 0.717) is 12.1 Å². The molecule has 0 aromatic heterocycles. The van der Waals surface area contributed by atoms with Crippen LogP contribution in [-0.4, -0.2) is 54.4 Å². The number of aliphatic hydroxyl groups is 1. The molecule has 2 fully saturated rings. The third-order valence-electron chi connectivity index (χ3n) is 4.73. The average molecular weight is 314 g/mol. The number of hydrazine groups is 1. The van der Waals surface area contributed by atoms with Crippen LogP contribution in [-0.2, 0) is 9.47 Å². The Balaban J connectivity index is 1.94. The molecule has 0 spiro atoms. The van der Waals surface area contributed by atoms with Gasteiger partial charge < -0.3 is 14.6 Å². The minimum absolute atomic E-state index is 0.164. The molecule has 0 aromatic carbocycles. The second kappa shape index (κ2) is 8.06. The molecule has 0 amide bonds. The molecule has 1 saturated carbocycles. The predicted octanol–water partition coefficient (Wildman–Crippen LogP) is 2.29. The summed E-state index contributed by atoms with van der Waals surface area (Å²) in [5.74, 6) is 0.164. The van der Waals surface area contributed by atoms with Gasteiger partial charge in [0.25, 0.3) is 0 Å². The van der Waals surface area contributed by atoms with Crippen molar-refractivity contribution in [2.24, 2.45) is 5.92 Å². The molecule has 0 radical (unpaired) electrons. The summed E-state index contributed by atoms with van der Waals surface area (Å²) < 4.78 is 11.1. The minimum Gasteiger partial charge on any atom is -0.383 e. The van der Waals surface area contributed by atoms with E-state index >= 15 is 0 Å². The largest absolute Gasteiger partial charge is 0.383 e. The lowest BCUT2D eigenvalue weighted by Crippen LogP contribution is -2.54. The van der Waals surface area contributed by atoms with Gasteiger partial charge >= 0.3 is 0 Å². The smallest absolute Gasteiger partial charge is 0.159 e. The van der Waals surface area contributed by atoms with Crippen molar-refractivity contribution in [3.8, 4) is 0 Å². The molecule has 2 aliphatic rings. The van der Waals surface area contributed by atoms with Gasteiger partial charge in [-0.25, -0.2) is 5.01 Å². The molecule has 4 atom stereocenters. The number of methoxy groups -OCH3 is 1. The molecule has 1 aliphatic heterocycles. The van der Waals surface area contributed by atoms with Crippen LogP contribution >= 0.6 is 0 Å². The first-order chi connectivity index (χ1) is 10.4. The lowest BCUT2D eigenvalue weighted by molar-refractivity contribution is -0.203. The van der Waals surface area contributed by atoms with Crippen molar-refractivity contribution in [3.05, 3.63) is 0 Å². The van der Waals surface area contributed by atoms with Gasteiger partial charge in [-0.15, -0.1) is 0 Å². The Morgan fingerprint density at radius 1 is 1.18 bits per heavy atom. The summed E-state index contributed by atoms with van der Waals surface area (Å²) in [6, 6.07) is 0.747. The van der Waals surface area contributed by atoms with Crippen molar-refractivity contribution in [2.45, 2.75) is 83.3 Å². The SMILES string of the molecule is COC[C@@H]1CCCN1N[C@H]1CCCC[C@@H]1C(O)OC(C)(C)C. The molecule has 1 heterocycles. The lowest BCUT2D eigenvalue weighted by Gasteiger charge is -2.40. The third kappa shape index (κ3) is 5.17. The number of ether oxygens (including phenoxy) is 2. The highest BCUT2D eigenvalue weighted by atomic mass is 16.6. The first-order valence-corrected chi connectivity index (χ1v) is 8.78. The predicted molar refractivity (Wildman–Crippen MR) is 87.3 cm³/mol. The summed E-state index contributed by atoms with van der Waals surface area (Å²) in [6.07, 6.45) is 6.22. The van der Waals surface area contributed by atoms with E-state index in [1.165, 1.54) is 25.7 Å². The second-order valence-corrected chi connectivity index (χ2v) is 7.75. The number of aliphatic hydroxyl groups excluding tert-OH is 1. The molecule has 1 saturated heterocycles. The highest BCUT2D eigenvalue weighted by Crippen LogP contribution is 2.30. The van der Waals surface area contributed by atoms with Crippen LogP contribution in [0, 0.1) is 5.92 Å². The van der Waals surface area contributed by atoms with Gasteiger partial charge in [-0.05, 0) is 46.5 Å². The van der Waals surface area contributed by atoms with E-state index in [-0.39, 0.29) is 11.5 Å². The fraction of sp³-hybridized carbons (Fsp3) is 1.00. The molecule has 5 nitrogen and oxygen atoms in total. The number of nitrogens with zero attached hydrogens (tertiary/aromatic N) is 1. The Morgan fingerprint density at radius 3 is 2.59 bits per heavy atom. The van der Waals surface area contributed by atoms with Crippen molar-refractivity contribution >= 4 is 0 Å². The van der Waals surface area contributed by atoms with Crippen LogP contribution in [0.15, 0.2) is 0 Å². The zero-order valence-corrected chi connectivity index (χ0v) is 14.7. The van der Waals surface area contributed by atoms with Gasteiger partial charge in [-0.1, -0.05) is 12.8 Å². The summed E-state index contributed by atoms with van der Waals surface area (Å²) in [4.78, 5) is 0. The Morgan fingerprint density at radius 2 is 1.91 bits per heavy atom. The van der Waals surface area contributed by atoms with E-state index in [9.17, 15) is 5.11 Å². The number of hydrogen-bond donors (Lipinski definition) is 2. The molecule has 5 heteroatoms. The molecule has 130 valence electrons. The molecular formula is C17H34N2O3. The quantitative estimate of drug-likeness (QED) is 0.737. The van der Waals surface area contributed by atoms with Crippen LogP contribution in [0.3, 0.4) is 0 Å². The summed E-state index contributed by atoms with van der Waals surface area (Å²) in [5, 5.41) is 12.8. The molecule has 2 N–H and O–H groups in total. The maximum Gasteiger partial charge on any atom is 0.159 e. The highest BCUT2D eigenvalue weighted by molar-refractivity contribution is 4.86. The zero-order valence-electron chi connectivity index (χ0n) is 14.7. The average Bonchev–Trinajstić information content (AvgIpc) is 2.85. The molecule has 2 rings (SSSR count). The van der Waals surface area contributed by atoms with Gasteiger partial charge in [0, 0.05) is 31.7 Å².